The Kier molecular flexibility index (Phi) is 8.78. The van der Waals surface area contributed by atoms with Crippen LogP contribution in [0.3, 0.4) is 0 Å². The number of ether oxygens (including phenoxy) is 1. The number of morpholine rings is 1. The Labute approximate surface area is 195 Å². The summed E-state index contributed by atoms with van der Waals surface area (Å²) in [5, 5.41) is 19.2. The summed E-state index contributed by atoms with van der Waals surface area (Å²) >= 11 is 0. The summed E-state index contributed by atoms with van der Waals surface area (Å²) in [6, 6.07) is 6.32. The van der Waals surface area contributed by atoms with Gasteiger partial charge in [-0.05, 0) is 25.5 Å². The summed E-state index contributed by atoms with van der Waals surface area (Å²) in [4.78, 5) is 31.5. The Hall–Kier alpha value is -2.80. The lowest BCUT2D eigenvalue weighted by Gasteiger charge is -2.34. The number of alkyl halides is 2. The van der Waals surface area contributed by atoms with Gasteiger partial charge in [0.05, 0.1) is 25.3 Å². The van der Waals surface area contributed by atoms with Crippen molar-refractivity contribution in [1.82, 2.24) is 25.7 Å². The number of hydrogen-bond donors (Lipinski definition) is 3. The average Bonchev–Trinajstić information content (AvgIpc) is 3.32. The quantitative estimate of drug-likeness (QED) is 0.322. The Balaban J connectivity index is 1.69. The maximum atomic E-state index is 13.8. The van der Waals surface area contributed by atoms with Crippen LogP contribution >= 0.6 is 0 Å². The van der Waals surface area contributed by atoms with Crippen molar-refractivity contribution < 1.29 is 32.7 Å². The van der Waals surface area contributed by atoms with E-state index in [9.17, 15) is 23.5 Å². The summed E-state index contributed by atoms with van der Waals surface area (Å²) in [6.07, 6.45) is -2.03. The zero-order chi connectivity index (χ0) is 24.7. The molecule has 3 N–H and O–H groups in total. The van der Waals surface area contributed by atoms with Gasteiger partial charge >= 0.3 is 0 Å². The number of nitrogens with one attached hydrogen (secondary N) is 2. The van der Waals surface area contributed by atoms with Crippen LogP contribution in [-0.4, -0.2) is 82.5 Å². The lowest BCUT2D eigenvalue weighted by molar-refractivity contribution is -0.131. The van der Waals surface area contributed by atoms with Crippen molar-refractivity contribution >= 4 is 11.7 Å². The predicted molar refractivity (Wildman–Crippen MR) is 117 cm³/mol. The molecule has 0 saturated carbocycles. The fraction of sp³-hybridized carbons (Fsp3) is 0.545. The van der Waals surface area contributed by atoms with Crippen LogP contribution in [0.2, 0.25) is 0 Å². The Morgan fingerprint density at radius 2 is 1.88 bits per heavy atom. The van der Waals surface area contributed by atoms with Crippen LogP contribution in [0, 0.1) is 0 Å². The number of aliphatic hydroxyl groups excluding tert-OH is 1. The second-order valence-electron chi connectivity index (χ2n) is 8.14. The zero-order valence-corrected chi connectivity index (χ0v) is 19.0. The molecular weight excluding hydrogens is 452 g/mol. The third-order valence-electron chi connectivity index (χ3n) is 5.33. The van der Waals surface area contributed by atoms with Gasteiger partial charge in [0.25, 0.3) is 5.89 Å². The van der Waals surface area contributed by atoms with Crippen molar-refractivity contribution in [2.24, 2.45) is 0 Å². The highest BCUT2D eigenvalue weighted by Crippen LogP contribution is 2.20. The van der Waals surface area contributed by atoms with Crippen LogP contribution < -0.4 is 10.6 Å². The Morgan fingerprint density at radius 3 is 2.50 bits per heavy atom. The van der Waals surface area contributed by atoms with E-state index in [1.807, 2.05) is 6.07 Å². The molecule has 0 radical (unpaired) electrons. The van der Waals surface area contributed by atoms with Crippen molar-refractivity contribution in [2.45, 2.75) is 51.0 Å². The largest absolute Gasteiger partial charge is 0.379 e. The number of benzene rings is 1. The molecule has 1 aromatic carbocycles. The third-order valence-corrected chi connectivity index (χ3v) is 5.33. The molecule has 1 aliphatic heterocycles. The fourth-order valence-electron chi connectivity index (χ4n) is 3.50. The number of ketones is 1. The molecule has 12 heteroatoms. The van der Waals surface area contributed by atoms with E-state index in [0.717, 1.165) is 0 Å². The van der Waals surface area contributed by atoms with E-state index in [2.05, 4.69) is 20.8 Å². The molecule has 186 valence electrons. The van der Waals surface area contributed by atoms with Gasteiger partial charge in [-0.1, -0.05) is 30.3 Å². The minimum atomic E-state index is -3.19. The average molecular weight is 482 g/mol. The lowest BCUT2D eigenvalue weighted by atomic mass is 10.1. The number of nitrogens with zero attached hydrogens (tertiary/aromatic N) is 3. The molecule has 0 aliphatic carbocycles. The minimum absolute atomic E-state index is 0.143. The van der Waals surface area contributed by atoms with Crippen LogP contribution in [0.4, 0.5) is 8.78 Å². The van der Waals surface area contributed by atoms with Gasteiger partial charge in [0.1, 0.15) is 0 Å². The molecule has 2 aromatic rings. The maximum Gasteiger partial charge on any atom is 0.258 e. The molecule has 1 unspecified atom stereocenters. The number of amides is 1. The summed E-state index contributed by atoms with van der Waals surface area (Å²) in [7, 11) is 0. The SMILES string of the molecule is CC[C@H](NC(=O)[C@H](CC(C)(F)F)NC(O)N1CCOCC1)C(=O)c1noc(-c2ccccc2)n1. The van der Waals surface area contributed by atoms with Crippen LogP contribution in [0.25, 0.3) is 11.5 Å². The molecule has 0 bridgehead atoms. The molecule has 1 aliphatic rings. The first-order valence-electron chi connectivity index (χ1n) is 11.1. The molecule has 1 amide bonds. The Morgan fingerprint density at radius 1 is 1.21 bits per heavy atom. The van der Waals surface area contributed by atoms with Crippen LogP contribution in [-0.2, 0) is 9.53 Å². The van der Waals surface area contributed by atoms with Crippen molar-refractivity contribution in [3.63, 3.8) is 0 Å². The van der Waals surface area contributed by atoms with Gasteiger partial charge in [-0.3, -0.25) is 19.8 Å². The van der Waals surface area contributed by atoms with E-state index in [-0.39, 0.29) is 18.1 Å². The number of carbonyl (C=O) groups excluding carboxylic acids is 2. The van der Waals surface area contributed by atoms with Crippen LogP contribution in [0.5, 0.6) is 0 Å². The van der Waals surface area contributed by atoms with Crippen LogP contribution in [0.15, 0.2) is 34.9 Å². The van der Waals surface area contributed by atoms with Gasteiger partial charge in [0.2, 0.25) is 23.4 Å². The van der Waals surface area contributed by atoms with Gasteiger partial charge in [-0.2, -0.15) is 4.98 Å². The highest BCUT2D eigenvalue weighted by Gasteiger charge is 2.35. The number of hydrogen-bond acceptors (Lipinski definition) is 9. The summed E-state index contributed by atoms with van der Waals surface area (Å²) in [5.41, 5.74) is 0.623. The van der Waals surface area contributed by atoms with Gasteiger partial charge < -0.3 is 19.7 Å². The van der Waals surface area contributed by atoms with E-state index >= 15 is 0 Å². The summed E-state index contributed by atoms with van der Waals surface area (Å²) in [6.45, 7) is 3.85. The maximum absolute atomic E-state index is 13.8. The second-order valence-corrected chi connectivity index (χ2v) is 8.14. The Bertz CT molecular complexity index is 947. The van der Waals surface area contributed by atoms with Gasteiger partial charge in [-0.25, -0.2) is 8.78 Å². The van der Waals surface area contributed by atoms with Crippen molar-refractivity contribution in [1.29, 1.82) is 0 Å². The first kappa shape index (κ1) is 25.8. The minimum Gasteiger partial charge on any atom is -0.379 e. The fourth-order valence-corrected chi connectivity index (χ4v) is 3.50. The van der Waals surface area contributed by atoms with Gasteiger partial charge in [0.15, 0.2) is 6.35 Å². The monoisotopic (exact) mass is 481 g/mol. The highest BCUT2D eigenvalue weighted by atomic mass is 19.3. The van der Waals surface area contributed by atoms with Crippen molar-refractivity contribution in [3.8, 4) is 11.5 Å². The predicted octanol–water partition coefficient (Wildman–Crippen LogP) is 1.43. The standard InChI is InChI=1S/C22H29F2N5O5/c1-3-15(17(30)18-27-20(34-28-18)14-7-5-4-6-8-14)25-19(31)16(13-22(2,23)24)26-21(32)29-9-11-33-12-10-29/h4-8,15-16,21,26,32H,3,9-13H2,1-2H3,(H,25,31)/t15-,16-,21?/m0/s1. The molecule has 3 rings (SSSR count). The molecule has 34 heavy (non-hydrogen) atoms. The van der Waals surface area contributed by atoms with Crippen molar-refractivity contribution in [3.05, 3.63) is 36.2 Å². The molecule has 2 heterocycles. The molecular formula is C22H29F2N5O5. The van der Waals surface area contributed by atoms with E-state index < -0.39 is 42.5 Å². The third kappa shape index (κ3) is 7.10. The summed E-state index contributed by atoms with van der Waals surface area (Å²) in [5.74, 6) is -4.74. The first-order valence-corrected chi connectivity index (χ1v) is 11.1. The number of aromatic nitrogens is 2. The normalized spacial score (nSPS) is 17.7. The highest BCUT2D eigenvalue weighted by molar-refractivity contribution is 5.99. The second kappa shape index (κ2) is 11.6. The molecule has 0 spiro atoms. The lowest BCUT2D eigenvalue weighted by Crippen LogP contribution is -2.59. The van der Waals surface area contributed by atoms with Crippen molar-refractivity contribution in [2.75, 3.05) is 26.3 Å². The number of Topliss-reactive ketones (excluding diaryl/α,β-unsaturated/α-hetero) is 1. The number of rotatable bonds is 11. The molecule has 10 nitrogen and oxygen atoms in total. The number of carbonyl (C=O) groups is 2. The molecule has 1 aromatic heterocycles. The van der Waals surface area contributed by atoms with E-state index in [0.29, 0.717) is 38.8 Å². The van der Waals surface area contributed by atoms with E-state index in [4.69, 9.17) is 9.26 Å². The van der Waals surface area contributed by atoms with Gasteiger partial charge in [-0.15, -0.1) is 0 Å². The zero-order valence-electron chi connectivity index (χ0n) is 19.0. The topological polar surface area (TPSA) is 130 Å². The molecule has 3 atom stereocenters. The van der Waals surface area contributed by atoms with E-state index in [1.54, 1.807) is 36.1 Å². The number of halogens is 2. The first-order chi connectivity index (χ1) is 16.2. The van der Waals surface area contributed by atoms with Gasteiger partial charge in [0, 0.05) is 25.1 Å². The smallest absolute Gasteiger partial charge is 0.258 e. The number of aliphatic hydroxyl groups is 1. The van der Waals surface area contributed by atoms with E-state index in [1.165, 1.54) is 0 Å². The molecule has 1 saturated heterocycles. The summed E-state index contributed by atoms with van der Waals surface area (Å²) < 4.78 is 38.0. The molecule has 1 fully saturated rings. The van der Waals surface area contributed by atoms with Crippen LogP contribution in [0.1, 0.15) is 37.3 Å².